The minimum Gasteiger partial charge on any atom is -0.469 e. The SMILES string of the molecule is COC(=O)C(C)CSCc1cnc(Cl)cc1Cl. The zero-order valence-electron chi connectivity index (χ0n) is 9.57. The van der Waals surface area contributed by atoms with Crippen molar-refractivity contribution in [2.45, 2.75) is 12.7 Å². The molecule has 0 bridgehead atoms. The minimum atomic E-state index is -0.196. The summed E-state index contributed by atoms with van der Waals surface area (Å²) in [7, 11) is 1.39. The predicted octanol–water partition coefficient (Wildman–Crippen LogP) is 3.43. The minimum absolute atomic E-state index is 0.121. The number of esters is 1. The molecule has 0 saturated heterocycles. The number of rotatable bonds is 5. The van der Waals surface area contributed by atoms with Gasteiger partial charge in [-0.15, -0.1) is 0 Å². The first-order chi connectivity index (χ1) is 8.04. The first kappa shape index (κ1) is 14.6. The molecule has 0 fully saturated rings. The molecule has 1 aromatic rings. The Labute approximate surface area is 115 Å². The average Bonchev–Trinajstić information content (AvgIpc) is 2.30. The standard InChI is InChI=1S/C11H13Cl2NO2S/c1-7(11(15)16-2)5-17-6-8-4-14-10(13)3-9(8)12/h3-4,7H,5-6H2,1-2H3. The Morgan fingerprint density at radius 1 is 1.59 bits per heavy atom. The van der Waals surface area contributed by atoms with E-state index in [9.17, 15) is 4.79 Å². The molecule has 0 saturated carbocycles. The van der Waals surface area contributed by atoms with Gasteiger partial charge in [0.05, 0.1) is 13.0 Å². The Balaban J connectivity index is 2.43. The fraction of sp³-hybridized carbons (Fsp3) is 0.455. The second kappa shape index (κ2) is 7.09. The zero-order chi connectivity index (χ0) is 12.8. The zero-order valence-corrected chi connectivity index (χ0v) is 11.9. The van der Waals surface area contributed by atoms with Crippen molar-refractivity contribution in [3.05, 3.63) is 28.0 Å². The molecule has 0 aliphatic rings. The summed E-state index contributed by atoms with van der Waals surface area (Å²) in [5.41, 5.74) is 0.915. The molecular weight excluding hydrogens is 281 g/mol. The number of carbonyl (C=O) groups excluding carboxylic acids is 1. The first-order valence-corrected chi connectivity index (χ1v) is 6.91. The van der Waals surface area contributed by atoms with E-state index in [-0.39, 0.29) is 11.9 Å². The molecule has 3 nitrogen and oxygen atoms in total. The number of thioether (sulfide) groups is 1. The van der Waals surface area contributed by atoms with E-state index in [0.29, 0.717) is 21.7 Å². The number of ether oxygens (including phenoxy) is 1. The van der Waals surface area contributed by atoms with Gasteiger partial charge in [-0.2, -0.15) is 11.8 Å². The number of aromatic nitrogens is 1. The van der Waals surface area contributed by atoms with Gasteiger partial charge in [0, 0.05) is 22.7 Å². The van der Waals surface area contributed by atoms with Crippen LogP contribution in [0.15, 0.2) is 12.3 Å². The van der Waals surface area contributed by atoms with Crippen LogP contribution in [-0.2, 0) is 15.3 Å². The van der Waals surface area contributed by atoms with Crippen LogP contribution >= 0.6 is 35.0 Å². The van der Waals surface area contributed by atoms with E-state index < -0.39 is 0 Å². The van der Waals surface area contributed by atoms with Crippen molar-refractivity contribution in [3.8, 4) is 0 Å². The van der Waals surface area contributed by atoms with Crippen molar-refractivity contribution in [2.24, 2.45) is 5.92 Å². The molecule has 1 aromatic heterocycles. The summed E-state index contributed by atoms with van der Waals surface area (Å²) in [6, 6.07) is 1.61. The predicted molar refractivity (Wildman–Crippen MR) is 71.6 cm³/mol. The van der Waals surface area contributed by atoms with Crippen molar-refractivity contribution in [1.82, 2.24) is 4.98 Å². The molecule has 0 radical (unpaired) electrons. The van der Waals surface area contributed by atoms with Crippen LogP contribution in [0.1, 0.15) is 12.5 Å². The highest BCUT2D eigenvalue weighted by molar-refractivity contribution is 7.98. The van der Waals surface area contributed by atoms with Crippen LogP contribution < -0.4 is 0 Å². The van der Waals surface area contributed by atoms with Gasteiger partial charge in [0.15, 0.2) is 0 Å². The van der Waals surface area contributed by atoms with Gasteiger partial charge in [0.2, 0.25) is 0 Å². The van der Waals surface area contributed by atoms with Crippen molar-refractivity contribution >= 4 is 40.9 Å². The van der Waals surface area contributed by atoms with E-state index >= 15 is 0 Å². The molecule has 1 atom stereocenters. The topological polar surface area (TPSA) is 39.2 Å². The smallest absolute Gasteiger partial charge is 0.309 e. The highest BCUT2D eigenvalue weighted by Crippen LogP contribution is 2.24. The van der Waals surface area contributed by atoms with E-state index in [1.54, 1.807) is 24.0 Å². The van der Waals surface area contributed by atoms with E-state index in [1.165, 1.54) is 7.11 Å². The first-order valence-electron chi connectivity index (χ1n) is 5.00. The maximum atomic E-state index is 11.2. The van der Waals surface area contributed by atoms with Crippen molar-refractivity contribution in [2.75, 3.05) is 12.9 Å². The Morgan fingerprint density at radius 3 is 2.88 bits per heavy atom. The number of hydrogen-bond donors (Lipinski definition) is 0. The lowest BCUT2D eigenvalue weighted by Crippen LogP contribution is -2.14. The molecule has 1 rings (SSSR count). The molecule has 1 unspecified atom stereocenters. The maximum absolute atomic E-state index is 11.2. The number of hydrogen-bond acceptors (Lipinski definition) is 4. The molecule has 17 heavy (non-hydrogen) atoms. The molecule has 0 aliphatic heterocycles. The Hall–Kier alpha value is -0.450. The normalized spacial score (nSPS) is 12.2. The van der Waals surface area contributed by atoms with Crippen molar-refractivity contribution < 1.29 is 9.53 Å². The van der Waals surface area contributed by atoms with E-state index in [2.05, 4.69) is 9.72 Å². The summed E-state index contributed by atoms with van der Waals surface area (Å²) < 4.78 is 4.65. The second-order valence-electron chi connectivity index (χ2n) is 3.54. The van der Waals surface area contributed by atoms with Crippen LogP contribution in [-0.4, -0.2) is 23.8 Å². The monoisotopic (exact) mass is 293 g/mol. The third-order valence-electron chi connectivity index (χ3n) is 2.13. The van der Waals surface area contributed by atoms with Crippen molar-refractivity contribution in [3.63, 3.8) is 0 Å². The molecule has 0 aliphatic carbocycles. The van der Waals surface area contributed by atoms with E-state index in [4.69, 9.17) is 23.2 Å². The molecule has 0 aromatic carbocycles. The fourth-order valence-corrected chi connectivity index (χ4v) is 2.73. The number of pyridine rings is 1. The number of halogens is 2. The van der Waals surface area contributed by atoms with Crippen LogP contribution in [0.2, 0.25) is 10.2 Å². The Bertz CT molecular complexity index is 401. The quantitative estimate of drug-likeness (QED) is 0.616. The van der Waals surface area contributed by atoms with Gasteiger partial charge in [-0.1, -0.05) is 30.1 Å². The molecule has 0 spiro atoms. The lowest BCUT2D eigenvalue weighted by molar-refractivity contribution is -0.143. The average molecular weight is 294 g/mol. The van der Waals surface area contributed by atoms with Gasteiger partial charge < -0.3 is 4.74 Å². The van der Waals surface area contributed by atoms with Crippen LogP contribution in [0.25, 0.3) is 0 Å². The van der Waals surface area contributed by atoms with Gasteiger partial charge in [-0.3, -0.25) is 4.79 Å². The summed E-state index contributed by atoms with van der Waals surface area (Å²) in [5.74, 6) is 1.07. The van der Waals surface area contributed by atoms with E-state index in [1.807, 2.05) is 6.92 Å². The van der Waals surface area contributed by atoms with Crippen LogP contribution in [0.5, 0.6) is 0 Å². The number of nitrogens with zero attached hydrogens (tertiary/aromatic N) is 1. The molecule has 6 heteroatoms. The highest BCUT2D eigenvalue weighted by Gasteiger charge is 2.13. The number of methoxy groups -OCH3 is 1. The largest absolute Gasteiger partial charge is 0.469 e. The van der Waals surface area contributed by atoms with Crippen LogP contribution in [0.4, 0.5) is 0 Å². The van der Waals surface area contributed by atoms with Gasteiger partial charge in [-0.05, 0) is 11.6 Å². The molecule has 94 valence electrons. The lowest BCUT2D eigenvalue weighted by atomic mass is 10.2. The summed E-state index contributed by atoms with van der Waals surface area (Å²) in [5, 5.41) is 0.981. The molecule has 0 amide bonds. The Morgan fingerprint density at radius 2 is 2.29 bits per heavy atom. The van der Waals surface area contributed by atoms with Crippen molar-refractivity contribution in [1.29, 1.82) is 0 Å². The number of carbonyl (C=O) groups is 1. The third-order valence-corrected chi connectivity index (χ3v) is 3.93. The molecular formula is C11H13Cl2NO2S. The van der Waals surface area contributed by atoms with Crippen LogP contribution in [0, 0.1) is 5.92 Å². The van der Waals surface area contributed by atoms with E-state index in [0.717, 1.165) is 5.56 Å². The summed E-state index contributed by atoms with van der Waals surface area (Å²) in [4.78, 5) is 15.1. The van der Waals surface area contributed by atoms with Crippen LogP contribution in [0.3, 0.4) is 0 Å². The van der Waals surface area contributed by atoms with Gasteiger partial charge in [0.25, 0.3) is 0 Å². The third kappa shape index (κ3) is 4.74. The van der Waals surface area contributed by atoms with Gasteiger partial charge >= 0.3 is 5.97 Å². The second-order valence-corrected chi connectivity index (χ2v) is 5.36. The highest BCUT2D eigenvalue weighted by atomic mass is 35.5. The van der Waals surface area contributed by atoms with Gasteiger partial charge in [-0.25, -0.2) is 4.98 Å². The summed E-state index contributed by atoms with van der Waals surface area (Å²) in [6.45, 7) is 1.83. The molecule has 0 N–H and O–H groups in total. The van der Waals surface area contributed by atoms with Gasteiger partial charge in [0.1, 0.15) is 5.15 Å². The summed E-state index contributed by atoms with van der Waals surface area (Å²) in [6.07, 6.45) is 1.65. The Kier molecular flexibility index (Phi) is 6.09. The molecule has 1 heterocycles. The summed E-state index contributed by atoms with van der Waals surface area (Å²) >= 11 is 13.3. The fourth-order valence-electron chi connectivity index (χ4n) is 1.16. The maximum Gasteiger partial charge on any atom is 0.309 e. The lowest BCUT2D eigenvalue weighted by Gasteiger charge is -2.09.